The number of benzene rings is 2. The maximum absolute atomic E-state index is 12.3. The molecule has 27 heavy (non-hydrogen) atoms. The van der Waals surface area contributed by atoms with Gasteiger partial charge in [-0.1, -0.05) is 17.7 Å². The molecule has 0 aliphatic carbocycles. The van der Waals surface area contributed by atoms with Crippen LogP contribution in [0.5, 0.6) is 0 Å². The number of hydrogen-bond acceptors (Lipinski definition) is 3. The van der Waals surface area contributed by atoms with E-state index in [1.165, 1.54) is 0 Å². The number of rotatable bonds is 2. The van der Waals surface area contributed by atoms with Crippen molar-refractivity contribution >= 4 is 46.4 Å². The minimum absolute atomic E-state index is 0.0867. The number of carbonyl (C=O) groups is 3. The third-order valence-corrected chi connectivity index (χ3v) is 5.16. The van der Waals surface area contributed by atoms with E-state index in [1.807, 2.05) is 17.9 Å². The third kappa shape index (κ3) is 3.28. The summed E-state index contributed by atoms with van der Waals surface area (Å²) < 4.78 is 0. The van der Waals surface area contributed by atoms with Crippen LogP contribution in [0.1, 0.15) is 23.1 Å². The summed E-state index contributed by atoms with van der Waals surface area (Å²) >= 11 is 5.94. The van der Waals surface area contributed by atoms with Gasteiger partial charge in [-0.15, -0.1) is 0 Å². The molecule has 4 rings (SSSR count). The van der Waals surface area contributed by atoms with Gasteiger partial charge in [0.2, 0.25) is 5.91 Å². The number of nitrogens with zero attached hydrogens (tertiary/aromatic N) is 1. The van der Waals surface area contributed by atoms with Gasteiger partial charge in [0.05, 0.1) is 12.1 Å². The number of amides is 3. The van der Waals surface area contributed by atoms with Gasteiger partial charge in [0.1, 0.15) is 0 Å². The van der Waals surface area contributed by atoms with Crippen molar-refractivity contribution in [1.29, 1.82) is 0 Å². The Bertz CT molecular complexity index is 987. The first-order valence-electron chi connectivity index (χ1n) is 8.77. The number of anilines is 3. The predicted molar refractivity (Wildman–Crippen MR) is 104 cm³/mol. The summed E-state index contributed by atoms with van der Waals surface area (Å²) in [5.41, 5.74) is 4.74. The molecule has 138 valence electrons. The summed E-state index contributed by atoms with van der Waals surface area (Å²) in [6, 6.07) is 8.70. The minimum Gasteiger partial charge on any atom is -0.318 e. The second-order valence-corrected chi connectivity index (χ2v) is 7.27. The molecule has 2 aromatic carbocycles. The lowest BCUT2D eigenvalue weighted by atomic mass is 9.99. The SMILES string of the molecule is Cc1ccc(Cl)cc1NC(=O)C(=O)Nc1cc2c3c(c1)CC(=O)N3CCC2. The van der Waals surface area contributed by atoms with E-state index in [4.69, 9.17) is 11.6 Å². The first kappa shape index (κ1) is 17.5. The fraction of sp³-hybridized carbons (Fsp3) is 0.250. The number of hydrogen-bond donors (Lipinski definition) is 2. The van der Waals surface area contributed by atoms with Crippen LogP contribution in [0, 0.1) is 6.92 Å². The average Bonchev–Trinajstić information content (AvgIpc) is 2.95. The number of aryl methyl sites for hydroxylation is 2. The van der Waals surface area contributed by atoms with Crippen molar-refractivity contribution in [2.24, 2.45) is 0 Å². The monoisotopic (exact) mass is 383 g/mol. The lowest BCUT2D eigenvalue weighted by Gasteiger charge is -2.26. The Hall–Kier alpha value is -2.86. The highest BCUT2D eigenvalue weighted by Gasteiger charge is 2.32. The van der Waals surface area contributed by atoms with Gasteiger partial charge in [-0.25, -0.2) is 0 Å². The molecule has 2 aliphatic rings. The van der Waals surface area contributed by atoms with Crippen molar-refractivity contribution in [2.45, 2.75) is 26.2 Å². The lowest BCUT2D eigenvalue weighted by molar-refractivity contribution is -0.133. The van der Waals surface area contributed by atoms with Crippen molar-refractivity contribution in [3.05, 3.63) is 52.0 Å². The van der Waals surface area contributed by atoms with Crippen LogP contribution in [0.25, 0.3) is 0 Å². The summed E-state index contributed by atoms with van der Waals surface area (Å²) in [5.74, 6) is -1.45. The Morgan fingerprint density at radius 2 is 1.81 bits per heavy atom. The summed E-state index contributed by atoms with van der Waals surface area (Å²) in [6.45, 7) is 2.56. The molecule has 0 fully saturated rings. The molecule has 2 aromatic rings. The van der Waals surface area contributed by atoms with E-state index in [0.717, 1.165) is 41.8 Å². The quantitative estimate of drug-likeness (QED) is 0.782. The largest absolute Gasteiger partial charge is 0.318 e. The average molecular weight is 384 g/mol. The number of halogens is 1. The van der Waals surface area contributed by atoms with E-state index >= 15 is 0 Å². The fourth-order valence-electron chi connectivity index (χ4n) is 3.65. The zero-order chi connectivity index (χ0) is 19.1. The van der Waals surface area contributed by atoms with Gasteiger partial charge < -0.3 is 15.5 Å². The molecule has 7 heteroatoms. The van der Waals surface area contributed by atoms with E-state index in [-0.39, 0.29) is 5.91 Å². The van der Waals surface area contributed by atoms with E-state index in [2.05, 4.69) is 10.6 Å². The van der Waals surface area contributed by atoms with E-state index < -0.39 is 11.8 Å². The Balaban J connectivity index is 1.52. The van der Waals surface area contributed by atoms with Crippen LogP contribution in [0.15, 0.2) is 30.3 Å². The van der Waals surface area contributed by atoms with Gasteiger partial charge in [-0.3, -0.25) is 14.4 Å². The minimum atomic E-state index is -0.771. The molecule has 0 atom stereocenters. The predicted octanol–water partition coefficient (Wildman–Crippen LogP) is 3.06. The summed E-state index contributed by atoms with van der Waals surface area (Å²) in [7, 11) is 0. The molecule has 2 aliphatic heterocycles. The molecule has 6 nitrogen and oxygen atoms in total. The van der Waals surface area contributed by atoms with Gasteiger partial charge in [0, 0.05) is 22.9 Å². The van der Waals surface area contributed by atoms with Gasteiger partial charge in [0.25, 0.3) is 0 Å². The number of carbonyl (C=O) groups excluding carboxylic acids is 3. The second kappa shape index (κ2) is 6.70. The molecule has 0 radical (unpaired) electrons. The van der Waals surface area contributed by atoms with Gasteiger partial charge in [-0.2, -0.15) is 0 Å². The maximum atomic E-state index is 12.3. The Morgan fingerprint density at radius 3 is 2.63 bits per heavy atom. The molecule has 0 saturated carbocycles. The second-order valence-electron chi connectivity index (χ2n) is 6.84. The van der Waals surface area contributed by atoms with Crippen LogP contribution >= 0.6 is 11.6 Å². The Morgan fingerprint density at radius 1 is 1.07 bits per heavy atom. The van der Waals surface area contributed by atoms with Gasteiger partial charge in [-0.05, 0) is 60.7 Å². The molecule has 0 spiro atoms. The van der Waals surface area contributed by atoms with Crippen molar-refractivity contribution in [3.8, 4) is 0 Å². The van der Waals surface area contributed by atoms with Gasteiger partial charge >= 0.3 is 11.8 Å². The molecular weight excluding hydrogens is 366 g/mol. The first-order chi connectivity index (χ1) is 12.9. The number of nitrogens with one attached hydrogen (secondary N) is 2. The zero-order valence-corrected chi connectivity index (χ0v) is 15.5. The van der Waals surface area contributed by atoms with Crippen LogP contribution in [-0.4, -0.2) is 24.3 Å². The van der Waals surface area contributed by atoms with Crippen molar-refractivity contribution < 1.29 is 14.4 Å². The van der Waals surface area contributed by atoms with E-state index in [1.54, 1.807) is 24.3 Å². The molecule has 0 unspecified atom stereocenters. The molecule has 0 aromatic heterocycles. The standard InChI is InChI=1S/C20H18ClN3O3/c1-11-4-5-14(21)10-16(11)23-20(27)19(26)22-15-7-12-3-2-6-24-17(25)9-13(8-15)18(12)24/h4-5,7-8,10H,2-3,6,9H2,1H3,(H,22,26)(H,23,27). The third-order valence-electron chi connectivity index (χ3n) is 4.92. The van der Waals surface area contributed by atoms with E-state index in [9.17, 15) is 14.4 Å². The molecule has 3 amide bonds. The van der Waals surface area contributed by atoms with Crippen LogP contribution in [-0.2, 0) is 27.2 Å². The van der Waals surface area contributed by atoms with Crippen LogP contribution in [0.2, 0.25) is 5.02 Å². The molecule has 2 heterocycles. The van der Waals surface area contributed by atoms with Crippen molar-refractivity contribution in [1.82, 2.24) is 0 Å². The van der Waals surface area contributed by atoms with Crippen LogP contribution < -0.4 is 15.5 Å². The highest BCUT2D eigenvalue weighted by atomic mass is 35.5. The van der Waals surface area contributed by atoms with Crippen LogP contribution in [0.3, 0.4) is 0 Å². The molecular formula is C20H18ClN3O3. The van der Waals surface area contributed by atoms with Crippen molar-refractivity contribution in [3.63, 3.8) is 0 Å². The summed E-state index contributed by atoms with van der Waals surface area (Å²) in [6.07, 6.45) is 2.08. The molecule has 0 bridgehead atoms. The zero-order valence-electron chi connectivity index (χ0n) is 14.8. The summed E-state index contributed by atoms with van der Waals surface area (Å²) in [5, 5.41) is 5.70. The highest BCUT2D eigenvalue weighted by molar-refractivity contribution is 6.44. The van der Waals surface area contributed by atoms with Crippen molar-refractivity contribution in [2.75, 3.05) is 22.1 Å². The van der Waals surface area contributed by atoms with E-state index in [0.29, 0.717) is 22.8 Å². The normalized spacial score (nSPS) is 14.7. The van der Waals surface area contributed by atoms with Crippen LogP contribution in [0.4, 0.5) is 17.1 Å². The Kier molecular flexibility index (Phi) is 4.36. The highest BCUT2D eigenvalue weighted by Crippen LogP contribution is 2.38. The topological polar surface area (TPSA) is 78.5 Å². The lowest BCUT2D eigenvalue weighted by Crippen LogP contribution is -2.31. The smallest absolute Gasteiger partial charge is 0.314 e. The molecule has 2 N–H and O–H groups in total. The first-order valence-corrected chi connectivity index (χ1v) is 9.15. The summed E-state index contributed by atoms with van der Waals surface area (Å²) in [4.78, 5) is 38.5. The molecule has 0 saturated heterocycles. The van der Waals surface area contributed by atoms with Gasteiger partial charge in [0.15, 0.2) is 0 Å². The fourth-order valence-corrected chi connectivity index (χ4v) is 3.82. The Labute approximate surface area is 161 Å². The maximum Gasteiger partial charge on any atom is 0.314 e.